The Morgan fingerprint density at radius 3 is 1.79 bits per heavy atom. The third kappa shape index (κ3) is 3.00. The first-order chi connectivity index (χ1) is 11.5. The lowest BCUT2D eigenvalue weighted by Gasteiger charge is -2.09. The van der Waals surface area contributed by atoms with Gasteiger partial charge in [-0.2, -0.15) is 0 Å². The van der Waals surface area contributed by atoms with Gasteiger partial charge in [-0.05, 0) is 47.4 Å². The molecule has 0 heterocycles. The van der Waals surface area contributed by atoms with E-state index in [1.54, 1.807) is 18.2 Å². The highest BCUT2D eigenvalue weighted by molar-refractivity contribution is 5.72. The highest BCUT2D eigenvalue weighted by atomic mass is 19.1. The molecule has 0 atom stereocenters. The monoisotopic (exact) mass is 328 g/mol. The van der Waals surface area contributed by atoms with Crippen LogP contribution >= 0.6 is 0 Å². The van der Waals surface area contributed by atoms with Crippen molar-refractivity contribution < 1.29 is 18.3 Å². The van der Waals surface area contributed by atoms with E-state index in [0.29, 0.717) is 16.7 Å². The maximum absolute atomic E-state index is 14.4. The van der Waals surface area contributed by atoms with Gasteiger partial charge in [-0.15, -0.1) is 0 Å². The second-order valence-electron chi connectivity index (χ2n) is 5.53. The Balaban J connectivity index is 2.02. The first-order valence-corrected chi connectivity index (χ1v) is 7.57. The summed E-state index contributed by atoms with van der Waals surface area (Å²) in [6, 6.07) is 12.8. The molecule has 0 aliphatic carbocycles. The first kappa shape index (κ1) is 16.1. The van der Waals surface area contributed by atoms with Crippen molar-refractivity contribution in [2.24, 2.45) is 0 Å². The standard InChI is InChI=1S/C20H15F3O/c1-2-12-3-6-15(17(21)9-12)13-4-7-16(18(22)10-13)14-5-8-20(24)19(23)11-14/h3-11,24H,2H2,1H3. The van der Waals surface area contributed by atoms with Crippen molar-refractivity contribution >= 4 is 0 Å². The molecule has 3 aromatic rings. The Morgan fingerprint density at radius 1 is 0.708 bits per heavy atom. The van der Waals surface area contributed by atoms with Gasteiger partial charge in [-0.3, -0.25) is 0 Å². The maximum Gasteiger partial charge on any atom is 0.165 e. The zero-order valence-corrected chi connectivity index (χ0v) is 13.0. The van der Waals surface area contributed by atoms with Gasteiger partial charge in [0.1, 0.15) is 11.6 Å². The lowest BCUT2D eigenvalue weighted by Crippen LogP contribution is -1.91. The molecule has 3 aromatic carbocycles. The van der Waals surface area contributed by atoms with Crippen LogP contribution in [0.3, 0.4) is 0 Å². The number of hydrogen-bond donors (Lipinski definition) is 1. The van der Waals surface area contributed by atoms with Crippen molar-refractivity contribution in [1.29, 1.82) is 0 Å². The predicted octanol–water partition coefficient (Wildman–Crippen LogP) is 5.71. The molecule has 24 heavy (non-hydrogen) atoms. The Kier molecular flexibility index (Phi) is 4.30. The normalized spacial score (nSPS) is 10.8. The average molecular weight is 328 g/mol. The van der Waals surface area contributed by atoms with Crippen LogP contribution in [-0.2, 0) is 6.42 Å². The fraction of sp³-hybridized carbons (Fsp3) is 0.100. The summed E-state index contributed by atoms with van der Waals surface area (Å²) in [5, 5.41) is 9.22. The van der Waals surface area contributed by atoms with Crippen molar-refractivity contribution in [3.8, 4) is 28.0 Å². The smallest absolute Gasteiger partial charge is 0.165 e. The number of rotatable bonds is 3. The van der Waals surface area contributed by atoms with Crippen LogP contribution in [0, 0.1) is 17.5 Å². The summed E-state index contributed by atoms with van der Waals surface area (Å²) < 4.78 is 42.0. The molecule has 4 heteroatoms. The van der Waals surface area contributed by atoms with Crippen LogP contribution in [0.4, 0.5) is 13.2 Å². The molecule has 0 amide bonds. The third-order valence-electron chi connectivity index (χ3n) is 3.98. The van der Waals surface area contributed by atoms with E-state index in [9.17, 15) is 18.3 Å². The molecular formula is C20H15F3O. The summed E-state index contributed by atoms with van der Waals surface area (Å²) in [6.07, 6.45) is 0.719. The first-order valence-electron chi connectivity index (χ1n) is 7.57. The highest BCUT2D eigenvalue weighted by Crippen LogP contribution is 2.31. The van der Waals surface area contributed by atoms with Crippen LogP contribution in [0.2, 0.25) is 0 Å². The lowest BCUT2D eigenvalue weighted by atomic mass is 9.98. The van der Waals surface area contributed by atoms with E-state index in [2.05, 4.69) is 0 Å². The van der Waals surface area contributed by atoms with Crippen molar-refractivity contribution in [2.75, 3.05) is 0 Å². The second kappa shape index (κ2) is 6.40. The third-order valence-corrected chi connectivity index (χ3v) is 3.98. The van der Waals surface area contributed by atoms with Crippen LogP contribution in [0.25, 0.3) is 22.3 Å². The van der Waals surface area contributed by atoms with E-state index >= 15 is 0 Å². The van der Waals surface area contributed by atoms with Gasteiger partial charge >= 0.3 is 0 Å². The van der Waals surface area contributed by atoms with Gasteiger partial charge in [0.05, 0.1) is 0 Å². The molecule has 1 nitrogen and oxygen atoms in total. The number of hydrogen-bond acceptors (Lipinski definition) is 1. The van der Waals surface area contributed by atoms with Crippen molar-refractivity contribution in [1.82, 2.24) is 0 Å². The van der Waals surface area contributed by atoms with Crippen LogP contribution in [0.1, 0.15) is 12.5 Å². The second-order valence-corrected chi connectivity index (χ2v) is 5.53. The molecule has 0 bridgehead atoms. The Morgan fingerprint density at radius 2 is 1.25 bits per heavy atom. The molecule has 1 N–H and O–H groups in total. The Bertz CT molecular complexity index is 903. The van der Waals surface area contributed by atoms with Gasteiger partial charge in [-0.1, -0.05) is 37.3 Å². The van der Waals surface area contributed by atoms with Gasteiger partial charge < -0.3 is 5.11 Å². The van der Waals surface area contributed by atoms with E-state index in [-0.39, 0.29) is 5.56 Å². The lowest BCUT2D eigenvalue weighted by molar-refractivity contribution is 0.432. The van der Waals surface area contributed by atoms with Crippen LogP contribution in [0.15, 0.2) is 54.6 Å². The number of benzene rings is 3. The van der Waals surface area contributed by atoms with Crippen molar-refractivity contribution in [3.63, 3.8) is 0 Å². The largest absolute Gasteiger partial charge is 0.505 e. The van der Waals surface area contributed by atoms with Crippen molar-refractivity contribution in [3.05, 3.63) is 77.6 Å². The minimum atomic E-state index is -0.822. The minimum absolute atomic E-state index is 0.184. The summed E-state index contributed by atoms with van der Waals surface area (Å²) in [5.74, 6) is -2.31. The number of aromatic hydroxyl groups is 1. The number of phenolic OH excluding ortho intramolecular Hbond substituents is 1. The molecule has 0 unspecified atom stereocenters. The Labute approximate surface area is 138 Å². The van der Waals surface area contributed by atoms with E-state index in [1.807, 2.05) is 6.92 Å². The van der Waals surface area contributed by atoms with Gasteiger partial charge in [-0.25, -0.2) is 13.2 Å². The predicted molar refractivity (Wildman–Crippen MR) is 88.2 cm³/mol. The zero-order chi connectivity index (χ0) is 17.3. The molecule has 0 aliphatic rings. The summed E-state index contributed by atoms with van der Waals surface area (Å²) in [6.45, 7) is 1.93. The van der Waals surface area contributed by atoms with Crippen molar-refractivity contribution in [2.45, 2.75) is 13.3 Å². The van der Waals surface area contributed by atoms with E-state index in [1.165, 1.54) is 30.3 Å². The minimum Gasteiger partial charge on any atom is -0.505 e. The molecule has 0 aromatic heterocycles. The molecule has 0 fully saturated rings. The topological polar surface area (TPSA) is 20.2 Å². The fourth-order valence-electron chi connectivity index (χ4n) is 2.60. The molecule has 3 rings (SSSR count). The van der Waals surface area contributed by atoms with E-state index in [0.717, 1.165) is 18.1 Å². The van der Waals surface area contributed by atoms with Crippen LogP contribution < -0.4 is 0 Å². The van der Waals surface area contributed by atoms with Crippen LogP contribution in [-0.4, -0.2) is 5.11 Å². The van der Waals surface area contributed by atoms with Gasteiger partial charge in [0.2, 0.25) is 0 Å². The summed E-state index contributed by atoms with van der Waals surface area (Å²) in [5.41, 5.74) is 2.08. The molecule has 0 spiro atoms. The molecule has 0 aliphatic heterocycles. The number of halogens is 3. The van der Waals surface area contributed by atoms with Crippen LogP contribution in [0.5, 0.6) is 5.75 Å². The van der Waals surface area contributed by atoms with Gasteiger partial charge in [0.25, 0.3) is 0 Å². The highest BCUT2D eigenvalue weighted by Gasteiger charge is 2.12. The Hall–Kier alpha value is -2.75. The average Bonchev–Trinajstić information content (AvgIpc) is 2.57. The molecule has 122 valence electrons. The van der Waals surface area contributed by atoms with E-state index < -0.39 is 23.2 Å². The SMILES string of the molecule is CCc1ccc(-c2ccc(-c3ccc(O)c(F)c3)c(F)c2)c(F)c1. The summed E-state index contributed by atoms with van der Waals surface area (Å²) >= 11 is 0. The van der Waals surface area contributed by atoms with Gasteiger partial charge in [0.15, 0.2) is 11.6 Å². The van der Waals surface area contributed by atoms with E-state index in [4.69, 9.17) is 0 Å². The summed E-state index contributed by atoms with van der Waals surface area (Å²) in [7, 11) is 0. The maximum atomic E-state index is 14.4. The quantitative estimate of drug-likeness (QED) is 0.653. The summed E-state index contributed by atoms with van der Waals surface area (Å²) in [4.78, 5) is 0. The fourth-order valence-corrected chi connectivity index (χ4v) is 2.60. The van der Waals surface area contributed by atoms with Gasteiger partial charge in [0, 0.05) is 11.1 Å². The molecule has 0 saturated carbocycles. The number of aryl methyl sites for hydroxylation is 1. The number of phenols is 1. The molecule has 0 radical (unpaired) electrons. The molecule has 0 saturated heterocycles. The molecular weight excluding hydrogens is 313 g/mol. The zero-order valence-electron chi connectivity index (χ0n) is 13.0.